The Morgan fingerprint density at radius 2 is 1.89 bits per heavy atom. The molecule has 1 aliphatic carbocycles. The van der Waals surface area contributed by atoms with E-state index in [0.29, 0.717) is 11.5 Å². The molecule has 0 atom stereocenters. The van der Waals surface area contributed by atoms with Crippen LogP contribution >= 0.6 is 0 Å². The lowest BCUT2D eigenvalue weighted by molar-refractivity contribution is 0.209. The lowest BCUT2D eigenvalue weighted by atomic mass is 9.90. The van der Waals surface area contributed by atoms with E-state index in [1.165, 1.54) is 32.1 Å². The molecule has 3 N–H and O–H groups in total. The molecule has 0 spiro atoms. The Hall–Kier alpha value is -1.71. The third-order valence-electron chi connectivity index (χ3n) is 3.47. The van der Waals surface area contributed by atoms with Crippen molar-refractivity contribution in [1.82, 2.24) is 0 Å². The lowest BCUT2D eigenvalue weighted by Crippen LogP contribution is -2.15. The summed E-state index contributed by atoms with van der Waals surface area (Å²) in [4.78, 5) is 0. The summed E-state index contributed by atoms with van der Waals surface area (Å²) in [5.41, 5.74) is 6.19. The number of hydrogen-bond donors (Lipinski definition) is 2. The number of benzene rings is 1. The molecule has 0 aromatic heterocycles. The van der Waals surface area contributed by atoms with Crippen molar-refractivity contribution in [3.05, 3.63) is 29.8 Å². The fourth-order valence-electron chi connectivity index (χ4n) is 2.35. The topological polar surface area (TPSA) is 67.8 Å². The Bertz CT molecular complexity index is 395. The minimum atomic E-state index is 0.119. The third kappa shape index (κ3) is 3.39. The molecule has 1 aromatic rings. The smallest absolute Gasteiger partial charge is 0.170 e. The Morgan fingerprint density at radius 3 is 2.50 bits per heavy atom. The Kier molecular flexibility index (Phi) is 4.45. The van der Waals surface area contributed by atoms with Crippen LogP contribution < -0.4 is 10.5 Å². The van der Waals surface area contributed by atoms with Crippen molar-refractivity contribution in [1.29, 1.82) is 0 Å². The Morgan fingerprint density at radius 1 is 1.22 bits per heavy atom. The van der Waals surface area contributed by atoms with Crippen LogP contribution in [-0.4, -0.2) is 17.6 Å². The van der Waals surface area contributed by atoms with Gasteiger partial charge in [-0.2, -0.15) is 0 Å². The summed E-state index contributed by atoms with van der Waals surface area (Å²) in [5, 5.41) is 11.5. The monoisotopic (exact) mass is 248 g/mol. The standard InChI is InChI=1S/C14H20N2O2/c15-14(16-17)12-6-8-13(9-7-12)18-10-11-4-2-1-3-5-11/h6-9,11,17H,1-5,10H2,(H2,15,16). The summed E-state index contributed by atoms with van der Waals surface area (Å²) in [6, 6.07) is 7.31. The molecule has 18 heavy (non-hydrogen) atoms. The molecular formula is C14H20N2O2. The van der Waals surface area contributed by atoms with Gasteiger partial charge in [0.1, 0.15) is 5.75 Å². The molecule has 1 aromatic carbocycles. The Balaban J connectivity index is 1.86. The van der Waals surface area contributed by atoms with Crippen LogP contribution in [0.5, 0.6) is 5.75 Å². The molecule has 4 nitrogen and oxygen atoms in total. The normalized spacial score (nSPS) is 17.7. The maximum Gasteiger partial charge on any atom is 0.170 e. The van der Waals surface area contributed by atoms with Crippen molar-refractivity contribution in [2.45, 2.75) is 32.1 Å². The zero-order valence-electron chi connectivity index (χ0n) is 10.5. The van der Waals surface area contributed by atoms with Gasteiger partial charge in [-0.25, -0.2) is 0 Å². The number of oxime groups is 1. The molecule has 1 aliphatic rings. The van der Waals surface area contributed by atoms with Gasteiger partial charge in [-0.1, -0.05) is 24.4 Å². The highest BCUT2D eigenvalue weighted by Crippen LogP contribution is 2.24. The highest BCUT2D eigenvalue weighted by molar-refractivity contribution is 5.97. The van der Waals surface area contributed by atoms with Crippen LogP contribution in [0.15, 0.2) is 29.4 Å². The van der Waals surface area contributed by atoms with Gasteiger partial charge in [-0.05, 0) is 43.0 Å². The SMILES string of the molecule is N/C(=N/O)c1ccc(OCC2CCCCC2)cc1. The summed E-state index contributed by atoms with van der Waals surface area (Å²) in [5.74, 6) is 1.66. The molecule has 0 aliphatic heterocycles. The van der Waals surface area contributed by atoms with E-state index in [1.54, 1.807) is 12.1 Å². The summed E-state index contributed by atoms with van der Waals surface area (Å²) in [6.45, 7) is 0.795. The van der Waals surface area contributed by atoms with Crippen LogP contribution in [0.2, 0.25) is 0 Å². The molecule has 0 heterocycles. The van der Waals surface area contributed by atoms with E-state index in [4.69, 9.17) is 15.7 Å². The van der Waals surface area contributed by atoms with Crippen molar-refractivity contribution < 1.29 is 9.94 Å². The molecule has 0 saturated heterocycles. The lowest BCUT2D eigenvalue weighted by Gasteiger charge is -2.21. The second kappa shape index (κ2) is 6.28. The van der Waals surface area contributed by atoms with Gasteiger partial charge in [0.25, 0.3) is 0 Å². The maximum atomic E-state index is 8.56. The van der Waals surface area contributed by atoms with E-state index >= 15 is 0 Å². The first kappa shape index (κ1) is 12.7. The fraction of sp³-hybridized carbons (Fsp3) is 0.500. The van der Waals surface area contributed by atoms with Gasteiger partial charge in [0.2, 0.25) is 0 Å². The van der Waals surface area contributed by atoms with Crippen LogP contribution in [0, 0.1) is 5.92 Å². The Labute approximate surface area is 107 Å². The van der Waals surface area contributed by atoms with E-state index in [2.05, 4.69) is 5.16 Å². The highest BCUT2D eigenvalue weighted by Gasteiger charge is 2.13. The van der Waals surface area contributed by atoms with Crippen LogP contribution in [0.1, 0.15) is 37.7 Å². The van der Waals surface area contributed by atoms with Gasteiger partial charge in [0.05, 0.1) is 6.61 Å². The van der Waals surface area contributed by atoms with Gasteiger partial charge in [0.15, 0.2) is 5.84 Å². The quantitative estimate of drug-likeness (QED) is 0.372. The van der Waals surface area contributed by atoms with E-state index < -0.39 is 0 Å². The average Bonchev–Trinajstić information content (AvgIpc) is 2.46. The van der Waals surface area contributed by atoms with E-state index in [0.717, 1.165) is 12.4 Å². The van der Waals surface area contributed by atoms with Gasteiger partial charge < -0.3 is 15.7 Å². The van der Waals surface area contributed by atoms with Crippen LogP contribution in [0.3, 0.4) is 0 Å². The number of amidine groups is 1. The van der Waals surface area contributed by atoms with Crippen molar-refractivity contribution in [3.8, 4) is 5.75 Å². The van der Waals surface area contributed by atoms with Gasteiger partial charge in [-0.15, -0.1) is 0 Å². The molecule has 0 bridgehead atoms. The molecule has 0 radical (unpaired) electrons. The number of ether oxygens (including phenoxy) is 1. The van der Waals surface area contributed by atoms with Gasteiger partial charge >= 0.3 is 0 Å². The maximum absolute atomic E-state index is 8.56. The zero-order chi connectivity index (χ0) is 12.8. The van der Waals surface area contributed by atoms with Crippen LogP contribution in [0.4, 0.5) is 0 Å². The molecule has 0 amide bonds. The van der Waals surface area contributed by atoms with Crippen molar-refractivity contribution in [3.63, 3.8) is 0 Å². The fourth-order valence-corrected chi connectivity index (χ4v) is 2.35. The predicted octanol–water partition coefficient (Wildman–Crippen LogP) is 2.74. The number of rotatable bonds is 4. The molecule has 0 unspecified atom stereocenters. The van der Waals surface area contributed by atoms with Gasteiger partial charge in [-0.3, -0.25) is 0 Å². The number of nitrogens with two attached hydrogens (primary N) is 1. The first-order valence-corrected chi connectivity index (χ1v) is 6.50. The largest absolute Gasteiger partial charge is 0.493 e. The summed E-state index contributed by atoms with van der Waals surface area (Å²) in [6.07, 6.45) is 6.59. The minimum absolute atomic E-state index is 0.119. The molecular weight excluding hydrogens is 228 g/mol. The summed E-state index contributed by atoms with van der Waals surface area (Å²) in [7, 11) is 0. The van der Waals surface area contributed by atoms with Crippen LogP contribution in [-0.2, 0) is 0 Å². The third-order valence-corrected chi connectivity index (χ3v) is 3.47. The van der Waals surface area contributed by atoms with Crippen molar-refractivity contribution in [2.24, 2.45) is 16.8 Å². The predicted molar refractivity (Wildman–Crippen MR) is 71.0 cm³/mol. The zero-order valence-corrected chi connectivity index (χ0v) is 10.5. The first-order valence-electron chi connectivity index (χ1n) is 6.50. The van der Waals surface area contributed by atoms with E-state index in [-0.39, 0.29) is 5.84 Å². The average molecular weight is 248 g/mol. The molecule has 1 fully saturated rings. The van der Waals surface area contributed by atoms with Crippen molar-refractivity contribution >= 4 is 5.84 Å². The molecule has 98 valence electrons. The van der Waals surface area contributed by atoms with E-state index in [9.17, 15) is 0 Å². The van der Waals surface area contributed by atoms with E-state index in [1.807, 2.05) is 12.1 Å². The molecule has 2 rings (SSSR count). The highest BCUT2D eigenvalue weighted by atomic mass is 16.5. The number of nitrogens with zero attached hydrogens (tertiary/aromatic N) is 1. The summed E-state index contributed by atoms with van der Waals surface area (Å²) < 4.78 is 5.77. The number of hydrogen-bond acceptors (Lipinski definition) is 3. The first-order chi connectivity index (χ1) is 8.79. The molecule has 4 heteroatoms. The van der Waals surface area contributed by atoms with Gasteiger partial charge in [0, 0.05) is 5.56 Å². The van der Waals surface area contributed by atoms with Crippen LogP contribution in [0.25, 0.3) is 0 Å². The second-order valence-corrected chi connectivity index (χ2v) is 4.82. The second-order valence-electron chi connectivity index (χ2n) is 4.82. The van der Waals surface area contributed by atoms with Crippen molar-refractivity contribution in [2.75, 3.05) is 6.61 Å². The molecule has 1 saturated carbocycles. The minimum Gasteiger partial charge on any atom is -0.493 e. The summed E-state index contributed by atoms with van der Waals surface area (Å²) >= 11 is 0.